The van der Waals surface area contributed by atoms with Gasteiger partial charge >= 0.3 is 6.03 Å². The Morgan fingerprint density at radius 2 is 2.06 bits per heavy atom. The molecule has 3 amide bonds. The first kappa shape index (κ1) is 23.2. The van der Waals surface area contributed by atoms with Crippen molar-refractivity contribution in [2.24, 2.45) is 5.73 Å². The van der Waals surface area contributed by atoms with Gasteiger partial charge in [-0.05, 0) is 50.2 Å². The number of primary amides is 1. The van der Waals surface area contributed by atoms with Gasteiger partial charge in [-0.3, -0.25) is 4.79 Å². The monoisotopic (exact) mass is 474 g/mol. The Bertz CT molecular complexity index is 994. The van der Waals surface area contributed by atoms with Crippen LogP contribution >= 0.6 is 11.5 Å². The van der Waals surface area contributed by atoms with Crippen molar-refractivity contribution >= 4 is 40.1 Å². The van der Waals surface area contributed by atoms with Crippen LogP contribution in [0.2, 0.25) is 0 Å². The van der Waals surface area contributed by atoms with Crippen LogP contribution in [-0.2, 0) is 4.74 Å². The minimum absolute atomic E-state index is 0.00107. The molecule has 178 valence electrons. The van der Waals surface area contributed by atoms with Gasteiger partial charge < -0.3 is 31.3 Å². The highest BCUT2D eigenvalue weighted by molar-refractivity contribution is 7.10. The van der Waals surface area contributed by atoms with Gasteiger partial charge in [0, 0.05) is 38.8 Å². The Labute approximate surface area is 196 Å². The lowest BCUT2D eigenvalue weighted by Gasteiger charge is -2.40. The number of hydrogen-bond acceptors (Lipinski definition) is 9. The highest BCUT2D eigenvalue weighted by Gasteiger charge is 2.31. The van der Waals surface area contributed by atoms with Gasteiger partial charge in [0.25, 0.3) is 5.91 Å². The van der Waals surface area contributed by atoms with Gasteiger partial charge in [0.2, 0.25) is 0 Å². The van der Waals surface area contributed by atoms with E-state index in [1.165, 1.54) is 11.5 Å². The third-order valence-electron chi connectivity index (χ3n) is 6.23. The maximum atomic E-state index is 12.0. The van der Waals surface area contributed by atoms with Crippen LogP contribution in [0, 0.1) is 0 Å². The molecule has 2 aromatic rings. The maximum Gasteiger partial charge on any atom is 0.314 e. The standard InChI is InChI=1S/C21H30N8O3S/c1-12-14(25-21(31)23-2)4-3-7-29(12)16-11-24-18(19(22)30)20(26-16)27-17-10-15(28-33-17)13-5-8-32-9-6-13/h10-14H,3-9H2,1-2H3,(H2,22,30)(H,26,27)(H2,23,25,31)/t12-,14-/m1/s1. The molecule has 0 unspecified atom stereocenters. The lowest BCUT2D eigenvalue weighted by molar-refractivity contribution is 0.0847. The number of nitrogens with one attached hydrogen (secondary N) is 3. The zero-order valence-corrected chi connectivity index (χ0v) is 19.7. The van der Waals surface area contributed by atoms with Crippen molar-refractivity contribution in [3.8, 4) is 0 Å². The van der Waals surface area contributed by atoms with E-state index >= 15 is 0 Å². The zero-order valence-electron chi connectivity index (χ0n) is 18.8. The van der Waals surface area contributed by atoms with E-state index in [2.05, 4.69) is 30.2 Å². The van der Waals surface area contributed by atoms with Gasteiger partial charge in [-0.1, -0.05) is 0 Å². The summed E-state index contributed by atoms with van der Waals surface area (Å²) in [6, 6.07) is 1.75. The first-order chi connectivity index (χ1) is 16.0. The molecule has 2 aromatic heterocycles. The van der Waals surface area contributed by atoms with Crippen LogP contribution in [-0.4, -0.2) is 65.2 Å². The molecular formula is C21H30N8O3S. The van der Waals surface area contributed by atoms with E-state index in [1.807, 2.05) is 13.0 Å². The fourth-order valence-electron chi connectivity index (χ4n) is 4.34. The normalized spacial score (nSPS) is 21.5. The molecule has 4 rings (SSSR count). The second-order valence-electron chi connectivity index (χ2n) is 8.32. The summed E-state index contributed by atoms with van der Waals surface area (Å²) in [5, 5.41) is 9.57. The predicted molar refractivity (Wildman–Crippen MR) is 126 cm³/mol. The van der Waals surface area contributed by atoms with Crippen molar-refractivity contribution in [3.63, 3.8) is 0 Å². The average molecular weight is 475 g/mol. The van der Waals surface area contributed by atoms with Crippen molar-refractivity contribution in [1.82, 2.24) is 25.0 Å². The number of amides is 3. The minimum atomic E-state index is -0.656. The summed E-state index contributed by atoms with van der Waals surface area (Å²) in [4.78, 5) is 34.9. The number of nitrogens with two attached hydrogens (primary N) is 1. The van der Waals surface area contributed by atoms with Gasteiger partial charge in [0.05, 0.1) is 17.9 Å². The van der Waals surface area contributed by atoms with E-state index in [1.54, 1.807) is 13.2 Å². The van der Waals surface area contributed by atoms with E-state index < -0.39 is 5.91 Å². The van der Waals surface area contributed by atoms with E-state index in [0.717, 1.165) is 56.1 Å². The van der Waals surface area contributed by atoms with Gasteiger partial charge in [0.1, 0.15) is 10.8 Å². The number of anilines is 3. The Morgan fingerprint density at radius 1 is 1.27 bits per heavy atom. The zero-order chi connectivity index (χ0) is 23.4. The molecule has 12 heteroatoms. The summed E-state index contributed by atoms with van der Waals surface area (Å²) in [7, 11) is 1.60. The Kier molecular flexibility index (Phi) is 7.23. The smallest absolute Gasteiger partial charge is 0.314 e. The second-order valence-corrected chi connectivity index (χ2v) is 9.13. The third kappa shape index (κ3) is 5.33. The summed E-state index contributed by atoms with van der Waals surface area (Å²) >= 11 is 1.32. The number of nitrogens with zero attached hydrogens (tertiary/aromatic N) is 4. The molecule has 0 bridgehead atoms. The number of aromatic nitrogens is 3. The van der Waals surface area contributed by atoms with Crippen LogP contribution < -0.4 is 26.6 Å². The largest absolute Gasteiger partial charge is 0.381 e. The quantitative estimate of drug-likeness (QED) is 0.497. The number of hydrogen-bond donors (Lipinski definition) is 4. The molecule has 11 nitrogen and oxygen atoms in total. The average Bonchev–Trinajstić information content (AvgIpc) is 3.29. The summed E-state index contributed by atoms with van der Waals surface area (Å²) in [5.41, 5.74) is 6.65. The maximum absolute atomic E-state index is 12.0. The van der Waals surface area contributed by atoms with Crippen LogP contribution in [0.3, 0.4) is 0 Å². The summed E-state index contributed by atoms with van der Waals surface area (Å²) in [5.74, 6) is 0.637. The summed E-state index contributed by atoms with van der Waals surface area (Å²) in [6.45, 7) is 4.30. The number of rotatable bonds is 6. The topological polar surface area (TPSA) is 147 Å². The molecule has 0 aromatic carbocycles. The Morgan fingerprint density at radius 3 is 2.79 bits per heavy atom. The molecule has 2 aliphatic heterocycles. The highest BCUT2D eigenvalue weighted by atomic mass is 32.1. The predicted octanol–water partition coefficient (Wildman–Crippen LogP) is 1.96. The molecule has 5 N–H and O–H groups in total. The second kappa shape index (κ2) is 10.3. The fraction of sp³-hybridized carbons (Fsp3) is 0.571. The molecule has 0 saturated carbocycles. The van der Waals surface area contributed by atoms with Crippen molar-refractivity contribution < 1.29 is 14.3 Å². The lowest BCUT2D eigenvalue weighted by atomic mass is 9.97. The van der Waals surface area contributed by atoms with E-state index in [-0.39, 0.29) is 23.8 Å². The van der Waals surface area contributed by atoms with E-state index in [0.29, 0.717) is 17.6 Å². The first-order valence-corrected chi connectivity index (χ1v) is 12.0. The number of urea groups is 1. The van der Waals surface area contributed by atoms with Crippen molar-refractivity contribution in [3.05, 3.63) is 23.7 Å². The molecule has 4 heterocycles. The van der Waals surface area contributed by atoms with E-state index in [4.69, 9.17) is 15.5 Å². The molecule has 2 fully saturated rings. The number of piperidine rings is 1. The number of carbonyl (C=O) groups excluding carboxylic acids is 2. The van der Waals surface area contributed by atoms with Crippen LogP contribution in [0.5, 0.6) is 0 Å². The molecule has 0 spiro atoms. The summed E-state index contributed by atoms with van der Waals surface area (Å²) in [6.07, 6.45) is 5.22. The first-order valence-electron chi connectivity index (χ1n) is 11.2. The number of carbonyl (C=O) groups is 2. The fourth-order valence-corrected chi connectivity index (χ4v) is 5.06. The molecule has 2 aliphatic rings. The molecule has 2 atom stereocenters. The molecule has 0 radical (unpaired) electrons. The molecule has 33 heavy (non-hydrogen) atoms. The highest BCUT2D eigenvalue weighted by Crippen LogP contribution is 2.32. The minimum Gasteiger partial charge on any atom is -0.381 e. The molecule has 0 aliphatic carbocycles. The van der Waals surface area contributed by atoms with Crippen molar-refractivity contribution in [2.45, 2.75) is 50.6 Å². The van der Waals surface area contributed by atoms with Gasteiger partial charge in [-0.15, -0.1) is 0 Å². The van der Waals surface area contributed by atoms with Gasteiger partial charge in [-0.2, -0.15) is 4.37 Å². The molecule has 2 saturated heterocycles. The SMILES string of the molecule is CNC(=O)N[C@@H]1CCCN(c2cnc(C(N)=O)c(Nc3cc(C4CCOCC4)ns3)n2)[C@@H]1C. The van der Waals surface area contributed by atoms with Gasteiger partial charge in [0.15, 0.2) is 11.5 Å². The Hall–Kier alpha value is -2.99. The third-order valence-corrected chi connectivity index (χ3v) is 6.95. The number of ether oxygens (including phenoxy) is 1. The van der Waals surface area contributed by atoms with Gasteiger partial charge in [-0.25, -0.2) is 14.8 Å². The Balaban J connectivity index is 1.55. The van der Waals surface area contributed by atoms with Crippen molar-refractivity contribution in [2.75, 3.05) is 37.0 Å². The van der Waals surface area contributed by atoms with Crippen LogP contribution in [0.25, 0.3) is 0 Å². The summed E-state index contributed by atoms with van der Waals surface area (Å²) < 4.78 is 10.0. The van der Waals surface area contributed by atoms with Crippen LogP contribution in [0.1, 0.15) is 54.7 Å². The van der Waals surface area contributed by atoms with E-state index in [9.17, 15) is 9.59 Å². The van der Waals surface area contributed by atoms with Crippen LogP contribution in [0.15, 0.2) is 12.3 Å². The lowest BCUT2D eigenvalue weighted by Crippen LogP contribution is -2.55. The van der Waals surface area contributed by atoms with Crippen molar-refractivity contribution in [1.29, 1.82) is 0 Å². The van der Waals surface area contributed by atoms with Crippen LogP contribution in [0.4, 0.5) is 21.4 Å². The molecular weight excluding hydrogens is 444 g/mol.